The Bertz CT molecular complexity index is 724. The van der Waals surface area contributed by atoms with Crippen LogP contribution in [0.25, 0.3) is 0 Å². The topological polar surface area (TPSA) is 37.4 Å². The van der Waals surface area contributed by atoms with Crippen molar-refractivity contribution in [2.75, 3.05) is 4.90 Å². The molecule has 1 atom stereocenters. The van der Waals surface area contributed by atoms with Crippen LogP contribution in [-0.2, 0) is 16.0 Å². The number of para-hydroxylation sites is 1. The van der Waals surface area contributed by atoms with Gasteiger partial charge in [-0.2, -0.15) is 0 Å². The standard InChI is InChI=1S/C18H16INO2/c1-12-6-8-13(9-7-12)10-14-11-17(21)20(18(14)22)16-5-3-2-4-15(16)19/h2-9,14H,10-11H2,1H3. The quantitative estimate of drug-likeness (QED) is 0.577. The number of halogens is 1. The van der Waals surface area contributed by atoms with Crippen molar-refractivity contribution >= 4 is 40.1 Å². The van der Waals surface area contributed by atoms with E-state index in [-0.39, 0.29) is 24.2 Å². The van der Waals surface area contributed by atoms with Gasteiger partial charge in [0.25, 0.3) is 0 Å². The molecule has 2 aromatic carbocycles. The highest BCUT2D eigenvalue weighted by molar-refractivity contribution is 14.1. The van der Waals surface area contributed by atoms with Crippen LogP contribution in [0, 0.1) is 16.4 Å². The Morgan fingerprint density at radius 1 is 1.09 bits per heavy atom. The molecule has 1 aliphatic rings. The summed E-state index contributed by atoms with van der Waals surface area (Å²) in [5.41, 5.74) is 2.99. The van der Waals surface area contributed by atoms with Crippen molar-refractivity contribution in [3.63, 3.8) is 0 Å². The molecule has 0 saturated carbocycles. The predicted octanol–water partition coefficient (Wildman–Crippen LogP) is 3.72. The fourth-order valence-corrected chi connectivity index (χ4v) is 3.38. The normalized spacial score (nSPS) is 18.1. The van der Waals surface area contributed by atoms with E-state index in [2.05, 4.69) is 22.6 Å². The van der Waals surface area contributed by atoms with Crippen LogP contribution in [0.15, 0.2) is 48.5 Å². The van der Waals surface area contributed by atoms with E-state index in [1.165, 1.54) is 10.5 Å². The molecule has 4 heteroatoms. The first-order valence-electron chi connectivity index (χ1n) is 7.23. The van der Waals surface area contributed by atoms with Crippen molar-refractivity contribution in [3.05, 3.63) is 63.2 Å². The Hall–Kier alpha value is -1.69. The van der Waals surface area contributed by atoms with Crippen LogP contribution in [0.5, 0.6) is 0 Å². The molecule has 1 saturated heterocycles. The third-order valence-electron chi connectivity index (χ3n) is 3.94. The van der Waals surface area contributed by atoms with Crippen molar-refractivity contribution in [3.8, 4) is 0 Å². The Labute approximate surface area is 143 Å². The highest BCUT2D eigenvalue weighted by Gasteiger charge is 2.39. The number of hydrogen-bond donors (Lipinski definition) is 0. The molecule has 1 aliphatic heterocycles. The van der Waals surface area contributed by atoms with E-state index in [9.17, 15) is 9.59 Å². The molecule has 1 unspecified atom stereocenters. The van der Waals surface area contributed by atoms with Crippen molar-refractivity contribution < 1.29 is 9.59 Å². The number of amides is 2. The number of hydrogen-bond acceptors (Lipinski definition) is 2. The molecule has 1 heterocycles. The summed E-state index contributed by atoms with van der Waals surface area (Å²) >= 11 is 2.16. The average Bonchev–Trinajstić information content (AvgIpc) is 2.77. The van der Waals surface area contributed by atoms with E-state index in [4.69, 9.17) is 0 Å². The average molecular weight is 405 g/mol. The number of aryl methyl sites for hydroxylation is 1. The first-order valence-corrected chi connectivity index (χ1v) is 8.31. The van der Waals surface area contributed by atoms with Crippen molar-refractivity contribution in [2.45, 2.75) is 19.8 Å². The highest BCUT2D eigenvalue weighted by atomic mass is 127. The second kappa shape index (κ2) is 6.20. The zero-order chi connectivity index (χ0) is 15.7. The number of rotatable bonds is 3. The highest BCUT2D eigenvalue weighted by Crippen LogP contribution is 2.31. The van der Waals surface area contributed by atoms with Gasteiger partial charge in [0.2, 0.25) is 11.8 Å². The minimum absolute atomic E-state index is 0.0882. The van der Waals surface area contributed by atoms with Gasteiger partial charge in [-0.25, -0.2) is 4.90 Å². The van der Waals surface area contributed by atoms with E-state index in [0.717, 1.165) is 9.13 Å². The van der Waals surface area contributed by atoms with Crippen molar-refractivity contribution in [2.24, 2.45) is 5.92 Å². The minimum Gasteiger partial charge on any atom is -0.274 e. The number of carbonyl (C=O) groups is 2. The number of benzene rings is 2. The number of imide groups is 1. The lowest BCUT2D eigenvalue weighted by atomic mass is 9.97. The maximum absolute atomic E-state index is 12.6. The van der Waals surface area contributed by atoms with Crippen LogP contribution in [0.3, 0.4) is 0 Å². The summed E-state index contributed by atoms with van der Waals surface area (Å²) in [6.45, 7) is 2.03. The molecule has 0 N–H and O–H groups in total. The largest absolute Gasteiger partial charge is 0.274 e. The van der Waals surface area contributed by atoms with Crippen LogP contribution >= 0.6 is 22.6 Å². The first kappa shape index (κ1) is 15.2. The monoisotopic (exact) mass is 405 g/mol. The van der Waals surface area contributed by atoms with Gasteiger partial charge in [-0.05, 0) is 53.6 Å². The van der Waals surface area contributed by atoms with Crippen LogP contribution < -0.4 is 4.90 Å². The van der Waals surface area contributed by atoms with Gasteiger partial charge in [-0.3, -0.25) is 9.59 Å². The lowest BCUT2D eigenvalue weighted by Gasteiger charge is -2.16. The summed E-state index contributed by atoms with van der Waals surface area (Å²) in [6, 6.07) is 15.6. The van der Waals surface area contributed by atoms with E-state index in [1.807, 2.05) is 55.5 Å². The van der Waals surface area contributed by atoms with Gasteiger partial charge >= 0.3 is 0 Å². The zero-order valence-electron chi connectivity index (χ0n) is 12.3. The van der Waals surface area contributed by atoms with Gasteiger partial charge in [0.1, 0.15) is 0 Å². The molecule has 22 heavy (non-hydrogen) atoms. The van der Waals surface area contributed by atoms with E-state index in [1.54, 1.807) is 0 Å². The lowest BCUT2D eigenvalue weighted by molar-refractivity contribution is -0.122. The predicted molar refractivity (Wildman–Crippen MR) is 94.6 cm³/mol. The SMILES string of the molecule is Cc1ccc(CC2CC(=O)N(c3ccccc3I)C2=O)cc1. The van der Waals surface area contributed by atoms with E-state index in [0.29, 0.717) is 12.1 Å². The molecule has 1 fully saturated rings. The van der Waals surface area contributed by atoms with E-state index < -0.39 is 0 Å². The molecule has 0 aliphatic carbocycles. The molecule has 2 amide bonds. The van der Waals surface area contributed by atoms with Gasteiger partial charge in [0, 0.05) is 9.99 Å². The van der Waals surface area contributed by atoms with Crippen LogP contribution in [-0.4, -0.2) is 11.8 Å². The van der Waals surface area contributed by atoms with Gasteiger partial charge in [0.15, 0.2) is 0 Å². The Morgan fingerprint density at radius 3 is 2.45 bits per heavy atom. The molecule has 112 valence electrons. The Kier molecular flexibility index (Phi) is 4.29. The minimum atomic E-state index is -0.258. The summed E-state index contributed by atoms with van der Waals surface area (Å²) in [5.74, 6) is -0.452. The molecule has 0 spiro atoms. The van der Waals surface area contributed by atoms with E-state index >= 15 is 0 Å². The smallest absolute Gasteiger partial charge is 0.237 e. The Balaban J connectivity index is 1.82. The van der Waals surface area contributed by atoms with Crippen molar-refractivity contribution in [1.29, 1.82) is 0 Å². The summed E-state index contributed by atoms with van der Waals surface area (Å²) in [7, 11) is 0. The third kappa shape index (κ3) is 2.92. The maximum Gasteiger partial charge on any atom is 0.237 e. The van der Waals surface area contributed by atoms with Crippen LogP contribution in [0.4, 0.5) is 5.69 Å². The molecule has 0 aromatic heterocycles. The summed E-state index contributed by atoms with van der Waals surface area (Å²) in [4.78, 5) is 26.3. The second-order valence-electron chi connectivity index (χ2n) is 5.61. The van der Waals surface area contributed by atoms with Gasteiger partial charge in [0.05, 0.1) is 11.6 Å². The van der Waals surface area contributed by atoms with Gasteiger partial charge < -0.3 is 0 Å². The first-order chi connectivity index (χ1) is 10.6. The third-order valence-corrected chi connectivity index (χ3v) is 4.85. The molecular formula is C18H16INO2. The van der Waals surface area contributed by atoms with Crippen molar-refractivity contribution in [1.82, 2.24) is 0 Å². The van der Waals surface area contributed by atoms with Gasteiger partial charge in [-0.1, -0.05) is 42.0 Å². The number of nitrogens with zero attached hydrogens (tertiary/aromatic N) is 1. The lowest BCUT2D eigenvalue weighted by Crippen LogP contribution is -2.31. The summed E-state index contributed by atoms with van der Waals surface area (Å²) in [5, 5.41) is 0. The number of carbonyl (C=O) groups excluding carboxylic acids is 2. The number of anilines is 1. The summed E-state index contributed by atoms with van der Waals surface area (Å²) < 4.78 is 0.915. The van der Waals surface area contributed by atoms with Crippen LogP contribution in [0.1, 0.15) is 17.5 Å². The Morgan fingerprint density at radius 2 is 1.77 bits per heavy atom. The molecule has 0 bridgehead atoms. The fraction of sp³-hybridized carbons (Fsp3) is 0.222. The zero-order valence-corrected chi connectivity index (χ0v) is 14.4. The molecular weight excluding hydrogens is 389 g/mol. The fourth-order valence-electron chi connectivity index (χ4n) is 2.75. The summed E-state index contributed by atoms with van der Waals surface area (Å²) in [6.07, 6.45) is 0.905. The molecule has 3 nitrogen and oxygen atoms in total. The molecule has 2 aromatic rings. The maximum atomic E-state index is 12.6. The van der Waals surface area contributed by atoms with Gasteiger partial charge in [-0.15, -0.1) is 0 Å². The second-order valence-corrected chi connectivity index (χ2v) is 6.77. The van der Waals surface area contributed by atoms with Crippen LogP contribution in [0.2, 0.25) is 0 Å². The molecule has 0 radical (unpaired) electrons. The molecule has 3 rings (SSSR count).